The minimum atomic E-state index is 0.491. The van der Waals surface area contributed by atoms with Crippen LogP contribution in [0, 0.1) is 0 Å². The van der Waals surface area contributed by atoms with Crippen LogP contribution in [0.25, 0.3) is 17.2 Å². The van der Waals surface area contributed by atoms with Gasteiger partial charge in [0.25, 0.3) is 0 Å². The van der Waals surface area contributed by atoms with Gasteiger partial charge in [0, 0.05) is 24.2 Å². The maximum Gasteiger partial charge on any atom is 0.182 e. The number of nitrogens with two attached hydrogens (primary N) is 1. The highest BCUT2D eigenvalue weighted by atomic mass is 15.0. The smallest absolute Gasteiger partial charge is 0.182 e. The summed E-state index contributed by atoms with van der Waals surface area (Å²) in [5.74, 6) is 1.08. The molecule has 0 amide bonds. The molecule has 0 aliphatic carbocycles. The number of fused-ring (bicyclic) bond motifs is 1. The van der Waals surface area contributed by atoms with Crippen LogP contribution in [0.15, 0.2) is 36.7 Å². The summed E-state index contributed by atoms with van der Waals surface area (Å²) in [5, 5.41) is 0. The zero-order valence-corrected chi connectivity index (χ0v) is 10.7. The van der Waals surface area contributed by atoms with Crippen LogP contribution in [-0.4, -0.2) is 19.4 Å². The van der Waals surface area contributed by atoms with Gasteiger partial charge < -0.3 is 10.1 Å². The third-order valence-electron chi connectivity index (χ3n) is 2.90. The molecule has 0 atom stereocenters. The largest absolute Gasteiger partial charge is 0.384 e. The molecule has 0 aliphatic rings. The van der Waals surface area contributed by atoms with Gasteiger partial charge in [-0.2, -0.15) is 0 Å². The SMILES string of the molecule is CCCc1cc(N)nc(-c2cn3ccccc3n2)n1. The fourth-order valence-electron chi connectivity index (χ4n) is 2.06. The number of rotatable bonds is 3. The van der Waals surface area contributed by atoms with E-state index in [0.29, 0.717) is 11.6 Å². The van der Waals surface area contributed by atoms with Gasteiger partial charge in [0.1, 0.15) is 17.2 Å². The third kappa shape index (κ3) is 2.27. The predicted molar refractivity (Wildman–Crippen MR) is 74.6 cm³/mol. The standard InChI is InChI=1S/C14H15N5/c1-2-5-10-8-12(15)18-14(16-10)11-9-19-7-4-3-6-13(19)17-11/h3-4,6-9H,2,5H2,1H3,(H2,15,16,18). The fraction of sp³-hybridized carbons (Fsp3) is 0.214. The van der Waals surface area contributed by atoms with Gasteiger partial charge in [-0.25, -0.2) is 15.0 Å². The molecule has 0 saturated heterocycles. The molecule has 96 valence electrons. The Morgan fingerprint density at radius 2 is 2.11 bits per heavy atom. The molecule has 0 unspecified atom stereocenters. The van der Waals surface area contributed by atoms with Crippen molar-refractivity contribution in [3.63, 3.8) is 0 Å². The van der Waals surface area contributed by atoms with Gasteiger partial charge in [0.2, 0.25) is 0 Å². The van der Waals surface area contributed by atoms with Crippen molar-refractivity contribution >= 4 is 11.5 Å². The van der Waals surface area contributed by atoms with E-state index in [2.05, 4.69) is 21.9 Å². The highest BCUT2D eigenvalue weighted by Crippen LogP contribution is 2.17. The number of pyridine rings is 1. The molecular weight excluding hydrogens is 238 g/mol. The Morgan fingerprint density at radius 1 is 1.21 bits per heavy atom. The van der Waals surface area contributed by atoms with Crippen LogP contribution in [0.2, 0.25) is 0 Å². The van der Waals surface area contributed by atoms with Gasteiger partial charge in [-0.3, -0.25) is 0 Å². The van der Waals surface area contributed by atoms with Crippen LogP contribution in [0.1, 0.15) is 19.0 Å². The average molecular weight is 253 g/mol. The van der Waals surface area contributed by atoms with Crippen molar-refractivity contribution in [1.29, 1.82) is 0 Å². The first-order valence-electron chi connectivity index (χ1n) is 6.34. The molecule has 0 bridgehead atoms. The normalized spacial score (nSPS) is 11.0. The molecule has 0 spiro atoms. The number of anilines is 1. The number of nitrogen functional groups attached to an aromatic ring is 1. The van der Waals surface area contributed by atoms with E-state index in [9.17, 15) is 0 Å². The molecule has 0 aromatic carbocycles. The molecule has 3 aromatic rings. The zero-order chi connectivity index (χ0) is 13.2. The number of aromatic nitrogens is 4. The van der Waals surface area contributed by atoms with E-state index in [4.69, 9.17) is 5.73 Å². The topological polar surface area (TPSA) is 69.1 Å². The van der Waals surface area contributed by atoms with Crippen molar-refractivity contribution in [3.8, 4) is 11.5 Å². The molecule has 5 heteroatoms. The molecule has 3 heterocycles. The first-order chi connectivity index (χ1) is 9.26. The number of hydrogen-bond donors (Lipinski definition) is 1. The summed E-state index contributed by atoms with van der Waals surface area (Å²) in [4.78, 5) is 13.3. The van der Waals surface area contributed by atoms with Crippen LogP contribution in [0.5, 0.6) is 0 Å². The Hall–Kier alpha value is -2.43. The van der Waals surface area contributed by atoms with E-state index in [-0.39, 0.29) is 0 Å². The molecular formula is C14H15N5. The van der Waals surface area contributed by atoms with Crippen LogP contribution >= 0.6 is 0 Å². The molecule has 0 fully saturated rings. The molecule has 3 aromatic heterocycles. The van der Waals surface area contributed by atoms with Crippen molar-refractivity contribution in [2.75, 3.05) is 5.73 Å². The average Bonchev–Trinajstić information content (AvgIpc) is 2.82. The van der Waals surface area contributed by atoms with Crippen molar-refractivity contribution in [2.45, 2.75) is 19.8 Å². The van der Waals surface area contributed by atoms with E-state index < -0.39 is 0 Å². The second-order valence-electron chi connectivity index (χ2n) is 4.45. The maximum absolute atomic E-state index is 5.84. The van der Waals surface area contributed by atoms with Gasteiger partial charge in [-0.1, -0.05) is 19.4 Å². The molecule has 19 heavy (non-hydrogen) atoms. The van der Waals surface area contributed by atoms with Crippen molar-refractivity contribution in [3.05, 3.63) is 42.4 Å². The van der Waals surface area contributed by atoms with Gasteiger partial charge in [-0.05, 0) is 18.6 Å². The van der Waals surface area contributed by atoms with E-state index in [1.165, 1.54) is 0 Å². The fourth-order valence-corrected chi connectivity index (χ4v) is 2.06. The van der Waals surface area contributed by atoms with Gasteiger partial charge in [0.05, 0.1) is 0 Å². The summed E-state index contributed by atoms with van der Waals surface area (Å²) < 4.78 is 1.95. The van der Waals surface area contributed by atoms with Gasteiger partial charge >= 0.3 is 0 Å². The van der Waals surface area contributed by atoms with Crippen LogP contribution in [0.4, 0.5) is 5.82 Å². The highest BCUT2D eigenvalue weighted by Gasteiger charge is 2.09. The molecule has 0 radical (unpaired) electrons. The Kier molecular flexibility index (Phi) is 2.87. The van der Waals surface area contributed by atoms with E-state index >= 15 is 0 Å². The lowest BCUT2D eigenvalue weighted by Crippen LogP contribution is -2.00. The lowest BCUT2D eigenvalue weighted by molar-refractivity contribution is 0.876. The first kappa shape index (κ1) is 11.6. The minimum absolute atomic E-state index is 0.491. The molecule has 3 rings (SSSR count). The zero-order valence-electron chi connectivity index (χ0n) is 10.7. The Bertz CT molecular complexity index is 684. The van der Waals surface area contributed by atoms with E-state index in [1.807, 2.05) is 41.1 Å². The van der Waals surface area contributed by atoms with E-state index in [1.54, 1.807) is 0 Å². The minimum Gasteiger partial charge on any atom is -0.384 e. The highest BCUT2D eigenvalue weighted by molar-refractivity contribution is 5.57. The Balaban J connectivity index is 2.09. The van der Waals surface area contributed by atoms with Crippen LogP contribution in [-0.2, 0) is 6.42 Å². The number of nitrogens with zero attached hydrogens (tertiary/aromatic N) is 4. The maximum atomic E-state index is 5.84. The lowest BCUT2D eigenvalue weighted by Gasteiger charge is -2.02. The van der Waals surface area contributed by atoms with Gasteiger partial charge in [0.15, 0.2) is 5.82 Å². The summed E-state index contributed by atoms with van der Waals surface area (Å²) in [6, 6.07) is 7.68. The van der Waals surface area contributed by atoms with Gasteiger partial charge in [-0.15, -0.1) is 0 Å². The number of aryl methyl sites for hydroxylation is 1. The summed E-state index contributed by atoms with van der Waals surface area (Å²) in [6.45, 7) is 2.11. The van der Waals surface area contributed by atoms with Crippen molar-refractivity contribution in [2.24, 2.45) is 0 Å². The van der Waals surface area contributed by atoms with Crippen LogP contribution in [0.3, 0.4) is 0 Å². The quantitative estimate of drug-likeness (QED) is 0.777. The Morgan fingerprint density at radius 3 is 2.89 bits per heavy atom. The first-order valence-corrected chi connectivity index (χ1v) is 6.34. The van der Waals surface area contributed by atoms with Crippen molar-refractivity contribution in [1.82, 2.24) is 19.4 Å². The van der Waals surface area contributed by atoms with Crippen molar-refractivity contribution < 1.29 is 0 Å². The summed E-state index contributed by atoms with van der Waals surface area (Å²) in [6.07, 6.45) is 5.79. The molecule has 0 saturated carbocycles. The Labute approximate surface area is 111 Å². The molecule has 5 nitrogen and oxygen atoms in total. The second-order valence-corrected chi connectivity index (χ2v) is 4.45. The summed E-state index contributed by atoms with van der Waals surface area (Å²) >= 11 is 0. The summed E-state index contributed by atoms with van der Waals surface area (Å²) in [7, 11) is 0. The monoisotopic (exact) mass is 253 g/mol. The molecule has 2 N–H and O–H groups in total. The second kappa shape index (κ2) is 4.68. The number of imidazole rings is 1. The van der Waals surface area contributed by atoms with Crippen LogP contribution < -0.4 is 5.73 Å². The lowest BCUT2D eigenvalue weighted by atomic mass is 10.2. The third-order valence-corrected chi connectivity index (χ3v) is 2.90. The summed E-state index contributed by atoms with van der Waals surface area (Å²) in [5.41, 5.74) is 8.42. The number of hydrogen-bond acceptors (Lipinski definition) is 4. The van der Waals surface area contributed by atoms with E-state index in [0.717, 1.165) is 29.9 Å². The molecule has 0 aliphatic heterocycles. The predicted octanol–water partition coefficient (Wildman–Crippen LogP) is 2.33.